The van der Waals surface area contributed by atoms with Gasteiger partial charge in [-0.25, -0.2) is 8.42 Å². The molecule has 1 fully saturated rings. The summed E-state index contributed by atoms with van der Waals surface area (Å²) in [7, 11) is -3.72. The topological polar surface area (TPSA) is 79.6 Å². The van der Waals surface area contributed by atoms with E-state index < -0.39 is 10.0 Å². The van der Waals surface area contributed by atoms with E-state index in [1.165, 1.54) is 0 Å². The molecule has 1 saturated carbocycles. The Morgan fingerprint density at radius 1 is 1.10 bits per heavy atom. The number of aryl methyl sites for hydroxylation is 2. The number of rotatable bonds is 7. The maximum absolute atomic E-state index is 13.2. The van der Waals surface area contributed by atoms with Gasteiger partial charge in [0.15, 0.2) is 0 Å². The fraction of sp³-hybridized carbons (Fsp3) is 0.292. The lowest BCUT2D eigenvalue weighted by Crippen LogP contribution is -2.35. The van der Waals surface area contributed by atoms with Crippen molar-refractivity contribution in [3.8, 4) is 0 Å². The predicted molar refractivity (Wildman–Crippen MR) is 119 cm³/mol. The summed E-state index contributed by atoms with van der Waals surface area (Å²) in [4.78, 5) is 15.3. The highest BCUT2D eigenvalue weighted by atomic mass is 32.2. The normalized spacial score (nSPS) is 14.8. The number of carbonyl (C=O) groups excluding carboxylic acids is 1. The lowest BCUT2D eigenvalue weighted by molar-refractivity contribution is 0.0652. The first kappa shape index (κ1) is 21.2. The maximum atomic E-state index is 13.2. The second-order valence-electron chi connectivity index (χ2n) is 8.09. The van der Waals surface area contributed by atoms with Gasteiger partial charge in [-0.1, -0.05) is 12.1 Å². The zero-order valence-corrected chi connectivity index (χ0v) is 18.6. The van der Waals surface area contributed by atoms with Crippen molar-refractivity contribution in [2.75, 3.05) is 4.72 Å². The van der Waals surface area contributed by atoms with Crippen molar-refractivity contribution in [2.24, 2.45) is 0 Å². The van der Waals surface area contributed by atoms with E-state index in [4.69, 9.17) is 4.42 Å². The van der Waals surface area contributed by atoms with E-state index >= 15 is 0 Å². The molecule has 1 atom stereocenters. The van der Waals surface area contributed by atoms with Gasteiger partial charge in [0, 0.05) is 17.3 Å². The van der Waals surface area contributed by atoms with E-state index in [-0.39, 0.29) is 22.9 Å². The number of furan rings is 1. The number of sulfonamides is 1. The minimum Gasteiger partial charge on any atom is -0.467 e. The standard InChI is InChI=1S/C24H26N2O4S/c1-16-6-7-17(2)23(15-16)31(28,29)25-20-10-8-19(9-11-20)24(27)26(21-12-13-21)18(3)22-5-4-14-30-22/h4-11,14-15,18,21,25H,12-13H2,1-3H3. The number of hydrogen-bond acceptors (Lipinski definition) is 4. The highest BCUT2D eigenvalue weighted by Gasteiger charge is 2.37. The monoisotopic (exact) mass is 438 g/mol. The molecule has 0 radical (unpaired) electrons. The van der Waals surface area contributed by atoms with Gasteiger partial charge in [0.1, 0.15) is 5.76 Å². The number of nitrogens with zero attached hydrogens (tertiary/aromatic N) is 1. The second-order valence-corrected chi connectivity index (χ2v) is 9.74. The molecule has 3 aromatic rings. The Balaban J connectivity index is 1.53. The third kappa shape index (κ3) is 4.51. The molecule has 0 aliphatic heterocycles. The van der Waals surface area contributed by atoms with Crippen LogP contribution in [0.2, 0.25) is 0 Å². The van der Waals surface area contributed by atoms with Crippen LogP contribution in [0.25, 0.3) is 0 Å². The van der Waals surface area contributed by atoms with E-state index in [9.17, 15) is 13.2 Å². The van der Waals surface area contributed by atoms with Crippen LogP contribution < -0.4 is 4.72 Å². The molecule has 1 heterocycles. The molecular formula is C24H26N2O4S. The predicted octanol–water partition coefficient (Wildman–Crippen LogP) is 5.06. The molecule has 0 spiro atoms. The Morgan fingerprint density at radius 3 is 2.42 bits per heavy atom. The fourth-order valence-electron chi connectivity index (χ4n) is 3.71. The highest BCUT2D eigenvalue weighted by Crippen LogP contribution is 2.36. The van der Waals surface area contributed by atoms with Crippen molar-refractivity contribution in [3.63, 3.8) is 0 Å². The summed E-state index contributed by atoms with van der Waals surface area (Å²) < 4.78 is 33.8. The Labute approximate surface area is 182 Å². The number of carbonyl (C=O) groups is 1. The first-order chi connectivity index (χ1) is 14.8. The van der Waals surface area contributed by atoms with Gasteiger partial charge in [-0.05, 0) is 87.2 Å². The molecule has 1 unspecified atom stereocenters. The summed E-state index contributed by atoms with van der Waals surface area (Å²) in [6.07, 6.45) is 3.56. The molecule has 6 nitrogen and oxygen atoms in total. The van der Waals surface area contributed by atoms with Crippen molar-refractivity contribution < 1.29 is 17.6 Å². The second kappa shape index (κ2) is 8.23. The highest BCUT2D eigenvalue weighted by molar-refractivity contribution is 7.92. The molecule has 1 amide bonds. The largest absolute Gasteiger partial charge is 0.467 e. The summed E-state index contributed by atoms with van der Waals surface area (Å²) >= 11 is 0. The van der Waals surface area contributed by atoms with Gasteiger partial charge in [-0.2, -0.15) is 0 Å². The molecule has 162 valence electrons. The van der Waals surface area contributed by atoms with E-state index in [0.717, 1.165) is 24.2 Å². The molecule has 7 heteroatoms. The Bertz CT molecular complexity index is 1180. The SMILES string of the molecule is Cc1ccc(C)c(S(=O)(=O)Nc2ccc(C(=O)N(C3CC3)C(C)c3ccco3)cc2)c1. The smallest absolute Gasteiger partial charge is 0.262 e. The summed E-state index contributed by atoms with van der Waals surface area (Å²) in [6.45, 7) is 5.58. The van der Waals surface area contributed by atoms with E-state index in [0.29, 0.717) is 16.8 Å². The fourth-order valence-corrected chi connectivity index (χ4v) is 5.10. The van der Waals surface area contributed by atoms with Crippen molar-refractivity contribution >= 4 is 21.6 Å². The zero-order valence-electron chi connectivity index (χ0n) is 17.8. The first-order valence-corrected chi connectivity index (χ1v) is 11.8. The van der Waals surface area contributed by atoms with Gasteiger partial charge >= 0.3 is 0 Å². The molecule has 0 saturated heterocycles. The molecule has 0 bridgehead atoms. The molecule has 2 aromatic carbocycles. The molecule has 31 heavy (non-hydrogen) atoms. The lowest BCUT2D eigenvalue weighted by Gasteiger charge is -2.28. The van der Waals surface area contributed by atoms with Gasteiger partial charge in [0.25, 0.3) is 15.9 Å². The molecule has 4 rings (SSSR count). The van der Waals surface area contributed by atoms with Crippen LogP contribution in [0.1, 0.15) is 53.1 Å². The van der Waals surface area contributed by atoms with Crippen LogP contribution in [-0.4, -0.2) is 25.3 Å². The Hall–Kier alpha value is -3.06. The van der Waals surface area contributed by atoms with Crippen LogP contribution in [0.4, 0.5) is 5.69 Å². The van der Waals surface area contributed by atoms with Crippen LogP contribution in [0.3, 0.4) is 0 Å². The van der Waals surface area contributed by atoms with E-state index in [1.54, 1.807) is 49.6 Å². The molecule has 1 aromatic heterocycles. The quantitative estimate of drug-likeness (QED) is 0.559. The van der Waals surface area contributed by atoms with E-state index in [1.807, 2.05) is 36.9 Å². The molecule has 1 N–H and O–H groups in total. The van der Waals surface area contributed by atoms with Gasteiger partial charge in [0.2, 0.25) is 0 Å². The number of benzene rings is 2. The number of anilines is 1. The first-order valence-electron chi connectivity index (χ1n) is 10.3. The summed E-state index contributed by atoms with van der Waals surface area (Å²) in [6, 6.07) is 15.6. The average molecular weight is 439 g/mol. The Morgan fingerprint density at radius 2 is 1.81 bits per heavy atom. The number of amides is 1. The average Bonchev–Trinajstić information content (AvgIpc) is 3.41. The summed E-state index contributed by atoms with van der Waals surface area (Å²) in [5.74, 6) is 0.661. The van der Waals surface area contributed by atoms with Crippen molar-refractivity contribution in [1.29, 1.82) is 0 Å². The molecule has 1 aliphatic carbocycles. The van der Waals surface area contributed by atoms with Crippen LogP contribution in [0.15, 0.2) is 70.2 Å². The number of nitrogens with one attached hydrogen (secondary N) is 1. The molecular weight excluding hydrogens is 412 g/mol. The number of hydrogen-bond donors (Lipinski definition) is 1. The van der Waals surface area contributed by atoms with Crippen LogP contribution in [-0.2, 0) is 10.0 Å². The Kier molecular flexibility index (Phi) is 5.62. The third-order valence-corrected chi connectivity index (χ3v) is 7.09. The van der Waals surface area contributed by atoms with Crippen LogP contribution >= 0.6 is 0 Å². The van der Waals surface area contributed by atoms with Gasteiger partial charge in [0.05, 0.1) is 17.2 Å². The minimum atomic E-state index is -3.72. The van der Waals surface area contributed by atoms with Gasteiger partial charge in [-0.15, -0.1) is 0 Å². The maximum Gasteiger partial charge on any atom is 0.262 e. The zero-order chi connectivity index (χ0) is 22.2. The minimum absolute atomic E-state index is 0.0877. The third-order valence-electron chi connectivity index (χ3n) is 5.56. The van der Waals surface area contributed by atoms with Gasteiger partial charge < -0.3 is 9.32 Å². The van der Waals surface area contributed by atoms with Crippen LogP contribution in [0.5, 0.6) is 0 Å². The van der Waals surface area contributed by atoms with Crippen molar-refractivity contribution in [2.45, 2.75) is 50.6 Å². The van der Waals surface area contributed by atoms with Crippen LogP contribution in [0, 0.1) is 13.8 Å². The summed E-state index contributed by atoms with van der Waals surface area (Å²) in [5.41, 5.74) is 2.48. The molecule has 1 aliphatic rings. The van der Waals surface area contributed by atoms with Crippen molar-refractivity contribution in [3.05, 3.63) is 83.3 Å². The van der Waals surface area contributed by atoms with Crippen molar-refractivity contribution in [1.82, 2.24) is 4.90 Å². The van der Waals surface area contributed by atoms with Gasteiger partial charge in [-0.3, -0.25) is 9.52 Å². The lowest BCUT2D eigenvalue weighted by atomic mass is 10.1. The summed E-state index contributed by atoms with van der Waals surface area (Å²) in [5, 5.41) is 0. The van der Waals surface area contributed by atoms with E-state index in [2.05, 4.69) is 4.72 Å².